The number of aliphatic hydroxyl groups is 1. The van der Waals surface area contributed by atoms with Gasteiger partial charge >= 0.3 is 0 Å². The Hall–Kier alpha value is -0.230. The second kappa shape index (κ2) is 10.9. The Morgan fingerprint density at radius 1 is 1.18 bits per heavy atom. The fraction of sp³-hybridized carbons (Fsp3) is 0.583. The van der Waals surface area contributed by atoms with Gasteiger partial charge in [0.05, 0.1) is 0 Å². The zero-order chi connectivity index (χ0) is 12.2. The lowest BCUT2D eigenvalue weighted by Crippen LogP contribution is -1.99. The zero-order valence-corrected chi connectivity index (χ0v) is 11.5. The average Bonchev–Trinajstić information content (AvgIpc) is 2.38. The van der Waals surface area contributed by atoms with Gasteiger partial charge in [-0.1, -0.05) is 16.9 Å². The van der Waals surface area contributed by atoms with Gasteiger partial charge in [-0.05, 0) is 42.2 Å². The monoisotopic (exact) mass is 273 g/mol. The summed E-state index contributed by atoms with van der Waals surface area (Å²) in [5.74, 6) is 1.12. The van der Waals surface area contributed by atoms with Gasteiger partial charge in [0, 0.05) is 31.8 Å². The molecule has 0 aliphatic heterocycles. The van der Waals surface area contributed by atoms with Gasteiger partial charge in [0.1, 0.15) is 5.03 Å². The van der Waals surface area contributed by atoms with E-state index in [9.17, 15) is 0 Å². The fourth-order valence-corrected chi connectivity index (χ4v) is 3.16. The lowest BCUT2D eigenvalue weighted by atomic mass is 10.3. The molecule has 17 heavy (non-hydrogen) atoms. The van der Waals surface area contributed by atoms with Gasteiger partial charge in [-0.2, -0.15) is 0 Å². The number of ether oxygens (including phenoxy) is 1. The van der Waals surface area contributed by atoms with Gasteiger partial charge in [-0.25, -0.2) is 4.98 Å². The second-order valence-electron chi connectivity index (χ2n) is 3.47. The normalized spacial score (nSPS) is 10.6. The Kier molecular flexibility index (Phi) is 9.50. The highest BCUT2D eigenvalue weighted by Crippen LogP contribution is 2.29. The predicted molar refractivity (Wildman–Crippen MR) is 74.3 cm³/mol. The van der Waals surface area contributed by atoms with E-state index in [-0.39, 0.29) is 6.61 Å². The molecule has 1 heterocycles. The SMILES string of the molecule is OCCCOCCCCSSc1ccccn1. The number of aromatic nitrogens is 1. The summed E-state index contributed by atoms with van der Waals surface area (Å²) in [5, 5.41) is 9.62. The molecular formula is C12H19NO2S2. The number of hydrogen-bond donors (Lipinski definition) is 1. The molecule has 96 valence electrons. The highest BCUT2D eigenvalue weighted by molar-refractivity contribution is 8.76. The molecule has 0 aliphatic carbocycles. The smallest absolute Gasteiger partial charge is 0.106 e. The minimum atomic E-state index is 0.219. The summed E-state index contributed by atoms with van der Waals surface area (Å²) in [6, 6.07) is 5.96. The molecule has 0 saturated carbocycles. The molecule has 1 aromatic heterocycles. The van der Waals surface area contributed by atoms with Crippen LogP contribution in [0.2, 0.25) is 0 Å². The Morgan fingerprint density at radius 2 is 2.06 bits per heavy atom. The van der Waals surface area contributed by atoms with Crippen molar-refractivity contribution in [2.45, 2.75) is 24.3 Å². The number of pyridine rings is 1. The molecule has 0 aromatic carbocycles. The van der Waals surface area contributed by atoms with Crippen molar-refractivity contribution in [2.75, 3.05) is 25.6 Å². The van der Waals surface area contributed by atoms with E-state index < -0.39 is 0 Å². The van der Waals surface area contributed by atoms with Crippen LogP contribution in [0.15, 0.2) is 29.4 Å². The molecular weight excluding hydrogens is 254 g/mol. The van der Waals surface area contributed by atoms with Crippen LogP contribution >= 0.6 is 21.6 Å². The number of nitrogens with zero attached hydrogens (tertiary/aromatic N) is 1. The Morgan fingerprint density at radius 3 is 2.82 bits per heavy atom. The first-order valence-corrected chi connectivity index (χ1v) is 8.14. The summed E-state index contributed by atoms with van der Waals surface area (Å²) in [5.41, 5.74) is 0. The Labute approximate surface area is 111 Å². The van der Waals surface area contributed by atoms with E-state index >= 15 is 0 Å². The molecule has 0 spiro atoms. The van der Waals surface area contributed by atoms with Crippen LogP contribution in [0.5, 0.6) is 0 Å². The predicted octanol–water partition coefficient (Wildman–Crippen LogP) is 3.00. The average molecular weight is 273 g/mol. The molecule has 0 aliphatic rings. The summed E-state index contributed by atoms with van der Waals surface area (Å²) in [7, 11) is 3.56. The van der Waals surface area contributed by atoms with E-state index in [4.69, 9.17) is 9.84 Å². The summed E-state index contributed by atoms with van der Waals surface area (Å²) in [6.45, 7) is 1.69. The van der Waals surface area contributed by atoms with E-state index in [1.165, 1.54) is 0 Å². The summed E-state index contributed by atoms with van der Waals surface area (Å²) >= 11 is 0. The highest BCUT2D eigenvalue weighted by atomic mass is 33.1. The maximum atomic E-state index is 8.56. The summed E-state index contributed by atoms with van der Waals surface area (Å²) in [6.07, 6.45) is 4.80. The van der Waals surface area contributed by atoms with Crippen molar-refractivity contribution in [3.8, 4) is 0 Å². The molecule has 1 aromatic rings. The maximum absolute atomic E-state index is 8.56. The molecule has 1 rings (SSSR count). The maximum Gasteiger partial charge on any atom is 0.106 e. The number of unbranched alkanes of at least 4 members (excludes halogenated alkanes) is 1. The molecule has 0 atom stereocenters. The van der Waals surface area contributed by atoms with Crippen LogP contribution < -0.4 is 0 Å². The first kappa shape index (κ1) is 14.8. The lowest BCUT2D eigenvalue weighted by Gasteiger charge is -2.02. The Bertz CT molecular complexity index is 272. The third-order valence-electron chi connectivity index (χ3n) is 2.00. The molecule has 1 N–H and O–H groups in total. The second-order valence-corrected chi connectivity index (χ2v) is 5.91. The van der Waals surface area contributed by atoms with Gasteiger partial charge in [-0.15, -0.1) is 0 Å². The van der Waals surface area contributed by atoms with E-state index in [0.717, 1.165) is 36.6 Å². The zero-order valence-electron chi connectivity index (χ0n) is 9.88. The molecule has 0 amide bonds. The van der Waals surface area contributed by atoms with E-state index in [1.54, 1.807) is 10.8 Å². The molecule has 0 bridgehead atoms. The number of rotatable bonds is 10. The largest absolute Gasteiger partial charge is 0.396 e. The molecule has 0 saturated heterocycles. The molecule has 3 nitrogen and oxygen atoms in total. The van der Waals surface area contributed by atoms with Gasteiger partial charge in [0.2, 0.25) is 0 Å². The van der Waals surface area contributed by atoms with Crippen molar-refractivity contribution in [1.29, 1.82) is 0 Å². The van der Waals surface area contributed by atoms with Gasteiger partial charge in [0.25, 0.3) is 0 Å². The summed E-state index contributed by atoms with van der Waals surface area (Å²) < 4.78 is 5.35. The molecule has 0 radical (unpaired) electrons. The van der Waals surface area contributed by atoms with Crippen LogP contribution in [-0.2, 0) is 4.74 Å². The van der Waals surface area contributed by atoms with Crippen LogP contribution in [0.4, 0.5) is 0 Å². The number of aliphatic hydroxyl groups excluding tert-OH is 1. The number of hydrogen-bond acceptors (Lipinski definition) is 5. The topological polar surface area (TPSA) is 42.4 Å². The van der Waals surface area contributed by atoms with Crippen molar-refractivity contribution in [1.82, 2.24) is 4.98 Å². The molecule has 0 fully saturated rings. The van der Waals surface area contributed by atoms with Crippen molar-refractivity contribution >= 4 is 21.6 Å². The van der Waals surface area contributed by atoms with Crippen molar-refractivity contribution in [2.24, 2.45) is 0 Å². The van der Waals surface area contributed by atoms with Crippen molar-refractivity contribution in [3.63, 3.8) is 0 Å². The van der Waals surface area contributed by atoms with Crippen LogP contribution in [-0.4, -0.2) is 35.7 Å². The van der Waals surface area contributed by atoms with Crippen molar-refractivity contribution in [3.05, 3.63) is 24.4 Å². The van der Waals surface area contributed by atoms with E-state index in [1.807, 2.05) is 35.2 Å². The van der Waals surface area contributed by atoms with Crippen LogP contribution in [0.25, 0.3) is 0 Å². The van der Waals surface area contributed by atoms with E-state index in [2.05, 4.69) is 4.98 Å². The first-order chi connectivity index (χ1) is 8.43. The third-order valence-corrected chi connectivity index (χ3v) is 4.35. The fourth-order valence-electron chi connectivity index (χ4n) is 1.13. The minimum absolute atomic E-state index is 0.219. The Balaban J connectivity index is 1.85. The van der Waals surface area contributed by atoms with Crippen LogP contribution in [0, 0.1) is 0 Å². The molecule has 0 unspecified atom stereocenters. The summed E-state index contributed by atoms with van der Waals surface area (Å²) in [4.78, 5) is 4.24. The van der Waals surface area contributed by atoms with E-state index in [0.29, 0.717) is 6.61 Å². The third kappa shape index (κ3) is 8.49. The van der Waals surface area contributed by atoms with Gasteiger partial charge in [0.15, 0.2) is 0 Å². The molecule has 5 heteroatoms. The van der Waals surface area contributed by atoms with Crippen molar-refractivity contribution < 1.29 is 9.84 Å². The van der Waals surface area contributed by atoms with Crippen LogP contribution in [0.1, 0.15) is 19.3 Å². The van der Waals surface area contributed by atoms with Crippen LogP contribution in [0.3, 0.4) is 0 Å². The van der Waals surface area contributed by atoms with Gasteiger partial charge in [-0.3, -0.25) is 0 Å². The standard InChI is InChI=1S/C12H19NO2S2/c14-8-5-10-15-9-3-4-11-16-17-12-6-1-2-7-13-12/h1-2,6-7,14H,3-5,8-11H2. The van der Waals surface area contributed by atoms with Gasteiger partial charge < -0.3 is 9.84 Å². The first-order valence-electron chi connectivity index (χ1n) is 5.82. The highest BCUT2D eigenvalue weighted by Gasteiger charge is 1.95. The minimum Gasteiger partial charge on any atom is -0.396 e. The lowest BCUT2D eigenvalue weighted by molar-refractivity contribution is 0.114. The quantitative estimate of drug-likeness (QED) is 0.524.